The van der Waals surface area contributed by atoms with Gasteiger partial charge in [-0.3, -0.25) is 4.79 Å². The minimum absolute atomic E-state index is 0.0617. The van der Waals surface area contributed by atoms with Crippen LogP contribution in [-0.4, -0.2) is 41.6 Å². The molecular weight excluding hydrogens is 344 g/mol. The number of carbonyl (C=O) groups is 1. The Kier molecular flexibility index (Phi) is 4.51. The summed E-state index contributed by atoms with van der Waals surface area (Å²) in [6.07, 6.45) is 0.795. The number of nitrogens with zero attached hydrogens (tertiary/aromatic N) is 4. The van der Waals surface area contributed by atoms with E-state index in [0.717, 1.165) is 29.2 Å². The van der Waals surface area contributed by atoms with Crippen LogP contribution in [0.5, 0.6) is 0 Å². The first-order valence-electron chi connectivity index (χ1n) is 8.55. The molecule has 0 saturated carbocycles. The van der Waals surface area contributed by atoms with E-state index in [1.807, 2.05) is 37.3 Å². The lowest BCUT2D eigenvalue weighted by Gasteiger charge is -2.23. The summed E-state index contributed by atoms with van der Waals surface area (Å²) in [4.78, 5) is 17.9. The first-order chi connectivity index (χ1) is 12.6. The molecule has 0 spiro atoms. The third-order valence-corrected chi connectivity index (χ3v) is 5.36. The molecule has 2 aliphatic heterocycles. The molecule has 26 heavy (non-hydrogen) atoms. The summed E-state index contributed by atoms with van der Waals surface area (Å²) in [7, 11) is 4.06. The molecule has 4 rings (SSSR count). The van der Waals surface area contributed by atoms with Crippen molar-refractivity contribution in [1.29, 1.82) is 0 Å². The maximum Gasteiger partial charge on any atom is 0.307 e. The number of anilines is 1. The number of amidine groups is 1. The van der Waals surface area contributed by atoms with Crippen molar-refractivity contribution in [3.8, 4) is 0 Å². The number of benzene rings is 2. The van der Waals surface area contributed by atoms with Crippen molar-refractivity contribution in [2.75, 3.05) is 24.7 Å². The van der Waals surface area contributed by atoms with Gasteiger partial charge in [0.05, 0.1) is 17.5 Å². The molecule has 0 bridgehead atoms. The summed E-state index contributed by atoms with van der Waals surface area (Å²) in [5.41, 5.74) is 4.48. The highest BCUT2D eigenvalue weighted by molar-refractivity contribution is 8.14. The summed E-state index contributed by atoms with van der Waals surface area (Å²) < 4.78 is 0. The average molecular weight is 364 g/mol. The number of rotatable bonds is 3. The van der Waals surface area contributed by atoms with Gasteiger partial charge in [0.2, 0.25) is 0 Å². The maximum absolute atomic E-state index is 11.6. The molecule has 0 unspecified atom stereocenters. The fraction of sp³-hybridized carbons (Fsp3) is 0.250. The second-order valence-corrected chi connectivity index (χ2v) is 7.47. The van der Waals surface area contributed by atoms with Crippen LogP contribution in [-0.2, 0) is 0 Å². The van der Waals surface area contributed by atoms with E-state index in [0.29, 0.717) is 5.75 Å². The smallest absolute Gasteiger partial charge is 0.307 e. The summed E-state index contributed by atoms with van der Waals surface area (Å²) in [5.74, 6) is 1.32. The molecule has 2 heterocycles. The van der Waals surface area contributed by atoms with Gasteiger partial charge in [-0.1, -0.05) is 54.2 Å². The van der Waals surface area contributed by atoms with Crippen LogP contribution in [0.25, 0.3) is 0 Å². The fourth-order valence-electron chi connectivity index (χ4n) is 3.22. The van der Waals surface area contributed by atoms with Crippen LogP contribution >= 0.6 is 11.8 Å². The lowest BCUT2D eigenvalue weighted by atomic mass is 9.98. The van der Waals surface area contributed by atoms with Gasteiger partial charge < -0.3 is 4.90 Å². The first kappa shape index (κ1) is 16.8. The summed E-state index contributed by atoms with van der Waals surface area (Å²) in [6, 6.07) is 18.8. The van der Waals surface area contributed by atoms with E-state index in [-0.39, 0.29) is 11.3 Å². The van der Waals surface area contributed by atoms with Crippen LogP contribution in [0.1, 0.15) is 23.6 Å². The monoisotopic (exact) mass is 364 g/mol. The molecule has 0 radical (unpaired) electrons. The van der Waals surface area contributed by atoms with Crippen LogP contribution in [0, 0.1) is 0 Å². The summed E-state index contributed by atoms with van der Waals surface area (Å²) in [6.45, 7) is 0. The zero-order chi connectivity index (χ0) is 18.1. The molecule has 0 aliphatic carbocycles. The number of hydrazone groups is 1. The first-order valence-corrected chi connectivity index (χ1v) is 9.54. The third kappa shape index (κ3) is 3.24. The van der Waals surface area contributed by atoms with Crippen molar-refractivity contribution in [2.24, 2.45) is 10.1 Å². The van der Waals surface area contributed by atoms with Crippen molar-refractivity contribution >= 4 is 34.2 Å². The van der Waals surface area contributed by atoms with Gasteiger partial charge in [0.15, 0.2) is 0 Å². The van der Waals surface area contributed by atoms with Gasteiger partial charge in [-0.2, -0.15) is 10.1 Å². The van der Waals surface area contributed by atoms with Crippen LogP contribution in [0.2, 0.25) is 0 Å². The molecule has 5 nitrogen and oxygen atoms in total. The van der Waals surface area contributed by atoms with E-state index in [2.05, 4.69) is 46.3 Å². The van der Waals surface area contributed by atoms with E-state index in [9.17, 15) is 4.79 Å². The Bertz CT molecular complexity index is 874. The highest BCUT2D eigenvalue weighted by Gasteiger charge is 2.34. The molecule has 1 atom stereocenters. The highest BCUT2D eigenvalue weighted by Crippen LogP contribution is 2.35. The van der Waals surface area contributed by atoms with Crippen LogP contribution in [0.3, 0.4) is 0 Å². The molecule has 2 aromatic carbocycles. The Morgan fingerprint density at radius 1 is 1.08 bits per heavy atom. The van der Waals surface area contributed by atoms with Gasteiger partial charge in [0, 0.05) is 26.2 Å². The second-order valence-electron chi connectivity index (χ2n) is 6.55. The minimum Gasteiger partial charge on any atom is -0.378 e. The minimum atomic E-state index is -0.134. The number of amides is 1. The van der Waals surface area contributed by atoms with E-state index in [1.165, 1.54) is 17.3 Å². The molecule has 2 aromatic rings. The fourth-order valence-corrected chi connectivity index (χ4v) is 3.84. The Balaban J connectivity index is 1.68. The topological polar surface area (TPSA) is 48.3 Å². The molecule has 6 heteroatoms. The molecule has 2 aliphatic rings. The summed E-state index contributed by atoms with van der Waals surface area (Å²) in [5, 5.41) is 6.63. The molecule has 1 amide bonds. The van der Waals surface area contributed by atoms with Gasteiger partial charge >= 0.3 is 5.24 Å². The number of aliphatic imine (C=N–C) groups is 1. The van der Waals surface area contributed by atoms with Crippen molar-refractivity contribution in [1.82, 2.24) is 5.01 Å². The quantitative estimate of drug-likeness (QED) is 0.820. The third-order valence-electron chi connectivity index (χ3n) is 4.62. The van der Waals surface area contributed by atoms with Crippen molar-refractivity contribution in [3.05, 3.63) is 65.7 Å². The predicted molar refractivity (Wildman–Crippen MR) is 108 cm³/mol. The SMILES string of the molecule is CN(C)c1ccc([C@@H]2CC(c3ccccc3)=NN2C2=NC(=O)SC2)cc1. The van der Waals surface area contributed by atoms with Crippen molar-refractivity contribution in [3.63, 3.8) is 0 Å². The predicted octanol–water partition coefficient (Wildman–Crippen LogP) is 4.17. The van der Waals surface area contributed by atoms with Crippen LogP contribution in [0.4, 0.5) is 10.5 Å². The molecular formula is C20H20N4OS. The van der Waals surface area contributed by atoms with E-state index >= 15 is 0 Å². The molecule has 132 valence electrons. The van der Waals surface area contributed by atoms with Gasteiger partial charge in [0.25, 0.3) is 0 Å². The zero-order valence-corrected chi connectivity index (χ0v) is 15.6. The van der Waals surface area contributed by atoms with Crippen molar-refractivity contribution < 1.29 is 4.79 Å². The number of carbonyl (C=O) groups excluding carboxylic acids is 1. The molecule has 0 saturated heterocycles. The van der Waals surface area contributed by atoms with Crippen LogP contribution in [0.15, 0.2) is 64.7 Å². The van der Waals surface area contributed by atoms with Gasteiger partial charge in [-0.25, -0.2) is 5.01 Å². The zero-order valence-electron chi connectivity index (χ0n) is 14.8. The molecule has 0 N–H and O–H groups in total. The Hall–Kier alpha value is -2.60. The molecule has 0 aromatic heterocycles. The summed E-state index contributed by atoms with van der Waals surface area (Å²) >= 11 is 1.23. The van der Waals surface area contributed by atoms with Gasteiger partial charge in [-0.05, 0) is 23.3 Å². The van der Waals surface area contributed by atoms with Crippen LogP contribution < -0.4 is 4.90 Å². The van der Waals surface area contributed by atoms with E-state index in [1.54, 1.807) is 0 Å². The largest absolute Gasteiger partial charge is 0.378 e. The van der Waals surface area contributed by atoms with Crippen molar-refractivity contribution in [2.45, 2.75) is 12.5 Å². The highest BCUT2D eigenvalue weighted by atomic mass is 32.2. The van der Waals surface area contributed by atoms with Gasteiger partial charge in [0.1, 0.15) is 5.84 Å². The Morgan fingerprint density at radius 3 is 2.42 bits per heavy atom. The Labute approximate surface area is 157 Å². The number of hydrogen-bond acceptors (Lipinski definition) is 5. The Morgan fingerprint density at radius 2 is 1.81 bits per heavy atom. The van der Waals surface area contributed by atoms with E-state index in [4.69, 9.17) is 5.10 Å². The second kappa shape index (κ2) is 6.96. The maximum atomic E-state index is 11.6. The standard InChI is InChI=1S/C20H20N4OS/c1-23(2)16-10-8-15(9-11-16)18-12-17(14-6-4-3-5-7-14)22-24(18)19-13-26-20(25)21-19/h3-11,18H,12-13H2,1-2H3/t18-/m0/s1. The van der Waals surface area contributed by atoms with E-state index < -0.39 is 0 Å². The number of thioether (sulfide) groups is 1. The number of hydrogen-bond donors (Lipinski definition) is 0. The normalized spacial score (nSPS) is 19.5. The lowest BCUT2D eigenvalue weighted by Crippen LogP contribution is -2.27. The van der Waals surface area contributed by atoms with Gasteiger partial charge in [-0.15, -0.1) is 0 Å². The lowest BCUT2D eigenvalue weighted by molar-refractivity contribution is 0.267. The molecule has 0 fully saturated rings. The average Bonchev–Trinajstić information content (AvgIpc) is 3.29.